The van der Waals surface area contributed by atoms with E-state index in [1.807, 2.05) is 6.08 Å². The predicted molar refractivity (Wildman–Crippen MR) is 80.1 cm³/mol. The van der Waals surface area contributed by atoms with Crippen molar-refractivity contribution in [2.45, 2.75) is 19.8 Å². The number of fused-ring (bicyclic) bond motifs is 1. The van der Waals surface area contributed by atoms with Gasteiger partial charge in [-0.25, -0.2) is 4.99 Å². The van der Waals surface area contributed by atoms with Crippen LogP contribution in [0.1, 0.15) is 30.3 Å². The lowest BCUT2D eigenvalue weighted by molar-refractivity contribution is -0.116. The number of hydrogen-bond donors (Lipinski definition) is 1. The zero-order chi connectivity index (χ0) is 15.5. The van der Waals surface area contributed by atoms with Crippen LogP contribution in [-0.2, 0) is 4.79 Å². The van der Waals surface area contributed by atoms with Crippen molar-refractivity contribution >= 4 is 17.5 Å². The number of rotatable bonds is 3. The molecule has 0 fully saturated rings. The van der Waals surface area contributed by atoms with Gasteiger partial charge >= 0.3 is 5.91 Å². The first-order chi connectivity index (χ1) is 10.7. The molecule has 0 saturated heterocycles. The first-order valence-corrected chi connectivity index (χ1v) is 7.12. The SMILES string of the molecule is CCCC1=CC(=O)NC2=CC(=NC(=O)c3ccno3)C=CC12. The lowest BCUT2D eigenvalue weighted by Crippen LogP contribution is -2.33. The third kappa shape index (κ3) is 2.81. The molecule has 6 heteroatoms. The Labute approximate surface area is 127 Å². The molecule has 112 valence electrons. The monoisotopic (exact) mass is 297 g/mol. The number of allylic oxidation sites excluding steroid dienone is 3. The second-order valence-corrected chi connectivity index (χ2v) is 5.11. The fourth-order valence-electron chi connectivity index (χ4n) is 2.55. The Morgan fingerprint density at radius 1 is 1.45 bits per heavy atom. The van der Waals surface area contributed by atoms with Gasteiger partial charge in [0.1, 0.15) is 0 Å². The number of aliphatic imine (C=N–C) groups is 1. The largest absolute Gasteiger partial charge is 0.351 e. The molecule has 1 aliphatic heterocycles. The van der Waals surface area contributed by atoms with Crippen LogP contribution in [0.3, 0.4) is 0 Å². The maximum Gasteiger partial charge on any atom is 0.316 e. The summed E-state index contributed by atoms with van der Waals surface area (Å²) in [5, 5.41) is 6.29. The van der Waals surface area contributed by atoms with Gasteiger partial charge in [-0.05, 0) is 18.6 Å². The standard InChI is InChI=1S/C16H15N3O3/c1-2-3-10-8-15(20)19-13-9-11(4-5-12(10)13)18-16(21)14-6-7-17-22-14/h4-9,12H,2-3H2,1H3,(H,19,20). The van der Waals surface area contributed by atoms with E-state index in [4.69, 9.17) is 4.52 Å². The molecule has 6 nitrogen and oxygen atoms in total. The number of nitrogens with zero attached hydrogens (tertiary/aromatic N) is 2. The highest BCUT2D eigenvalue weighted by molar-refractivity contribution is 6.13. The Morgan fingerprint density at radius 2 is 2.32 bits per heavy atom. The van der Waals surface area contributed by atoms with Gasteiger partial charge in [0.05, 0.1) is 11.9 Å². The zero-order valence-electron chi connectivity index (χ0n) is 12.1. The Kier molecular flexibility index (Phi) is 3.82. The van der Waals surface area contributed by atoms with Crippen LogP contribution in [0.15, 0.2) is 57.4 Å². The fourth-order valence-corrected chi connectivity index (χ4v) is 2.55. The van der Waals surface area contributed by atoms with Gasteiger partial charge in [0.2, 0.25) is 11.7 Å². The second-order valence-electron chi connectivity index (χ2n) is 5.11. The van der Waals surface area contributed by atoms with E-state index in [9.17, 15) is 9.59 Å². The second kappa shape index (κ2) is 5.93. The van der Waals surface area contributed by atoms with Crippen LogP contribution in [0.2, 0.25) is 0 Å². The molecule has 1 N–H and O–H groups in total. The minimum atomic E-state index is -0.501. The van der Waals surface area contributed by atoms with E-state index in [0.717, 1.165) is 24.1 Å². The molecule has 0 saturated carbocycles. The molecule has 0 bridgehead atoms. The minimum Gasteiger partial charge on any atom is -0.351 e. The van der Waals surface area contributed by atoms with Crippen molar-refractivity contribution in [2.24, 2.45) is 10.9 Å². The summed E-state index contributed by atoms with van der Waals surface area (Å²) in [5.74, 6) is -0.501. The van der Waals surface area contributed by atoms with Crippen LogP contribution in [-0.4, -0.2) is 22.7 Å². The third-order valence-corrected chi connectivity index (χ3v) is 3.50. The first kappa shape index (κ1) is 14.2. The van der Waals surface area contributed by atoms with Crippen LogP contribution in [0.4, 0.5) is 0 Å². The smallest absolute Gasteiger partial charge is 0.316 e. The Morgan fingerprint density at radius 3 is 3.05 bits per heavy atom. The summed E-state index contributed by atoms with van der Waals surface area (Å²) >= 11 is 0. The van der Waals surface area contributed by atoms with Gasteiger partial charge in [-0.3, -0.25) is 9.59 Å². The lowest BCUT2D eigenvalue weighted by Gasteiger charge is -2.27. The van der Waals surface area contributed by atoms with Crippen molar-refractivity contribution in [1.82, 2.24) is 10.5 Å². The minimum absolute atomic E-state index is 0.0528. The van der Waals surface area contributed by atoms with Crippen LogP contribution in [0.25, 0.3) is 0 Å². The maximum absolute atomic E-state index is 11.9. The molecule has 1 unspecified atom stereocenters. The van der Waals surface area contributed by atoms with Crippen LogP contribution in [0, 0.1) is 5.92 Å². The molecule has 2 heterocycles. The molecule has 22 heavy (non-hydrogen) atoms. The van der Waals surface area contributed by atoms with Gasteiger partial charge in [0.15, 0.2) is 0 Å². The molecule has 0 radical (unpaired) electrons. The number of aromatic nitrogens is 1. The summed E-state index contributed by atoms with van der Waals surface area (Å²) < 4.78 is 4.78. The van der Waals surface area contributed by atoms with Gasteiger partial charge in [-0.15, -0.1) is 0 Å². The van der Waals surface area contributed by atoms with Gasteiger partial charge in [0.25, 0.3) is 0 Å². The van der Waals surface area contributed by atoms with Crippen molar-refractivity contribution in [1.29, 1.82) is 0 Å². The summed E-state index contributed by atoms with van der Waals surface area (Å²) in [7, 11) is 0. The number of nitrogens with one attached hydrogen (secondary N) is 1. The Bertz CT molecular complexity index is 724. The molecule has 1 aliphatic carbocycles. The molecule has 2 amide bonds. The predicted octanol–water partition coefficient (Wildman–Crippen LogP) is 2.18. The number of carbonyl (C=O) groups is 2. The van der Waals surface area contributed by atoms with Crippen LogP contribution < -0.4 is 5.32 Å². The summed E-state index contributed by atoms with van der Waals surface area (Å²) in [6.07, 6.45) is 10.3. The molecule has 2 aliphatic rings. The highest BCUT2D eigenvalue weighted by Gasteiger charge is 2.26. The molecule has 1 aromatic heterocycles. The first-order valence-electron chi connectivity index (χ1n) is 7.12. The third-order valence-electron chi connectivity index (χ3n) is 3.50. The van der Waals surface area contributed by atoms with Crippen molar-refractivity contribution in [3.8, 4) is 0 Å². The van der Waals surface area contributed by atoms with Crippen LogP contribution in [0.5, 0.6) is 0 Å². The molecule has 0 spiro atoms. The van der Waals surface area contributed by atoms with Crippen LogP contribution >= 0.6 is 0 Å². The van der Waals surface area contributed by atoms with E-state index in [2.05, 4.69) is 22.4 Å². The number of carbonyl (C=O) groups excluding carboxylic acids is 2. The van der Waals surface area contributed by atoms with Gasteiger partial charge in [0, 0.05) is 23.8 Å². The van der Waals surface area contributed by atoms with Crippen molar-refractivity contribution < 1.29 is 14.1 Å². The van der Waals surface area contributed by atoms with E-state index in [1.165, 1.54) is 12.3 Å². The molecule has 0 aromatic carbocycles. The van der Waals surface area contributed by atoms with E-state index >= 15 is 0 Å². The van der Waals surface area contributed by atoms with Gasteiger partial charge < -0.3 is 9.84 Å². The maximum atomic E-state index is 11.9. The summed E-state index contributed by atoms with van der Waals surface area (Å²) in [6.45, 7) is 2.08. The molecule has 1 atom stereocenters. The highest BCUT2D eigenvalue weighted by Crippen LogP contribution is 2.29. The van der Waals surface area contributed by atoms with E-state index in [0.29, 0.717) is 5.71 Å². The molecular weight excluding hydrogens is 282 g/mol. The lowest BCUT2D eigenvalue weighted by atomic mass is 9.85. The summed E-state index contributed by atoms with van der Waals surface area (Å²) in [5.41, 5.74) is 2.31. The quantitative estimate of drug-likeness (QED) is 0.926. The number of amides is 2. The Balaban J connectivity index is 1.86. The molecule has 3 rings (SSSR count). The summed E-state index contributed by atoms with van der Waals surface area (Å²) in [4.78, 5) is 27.6. The summed E-state index contributed by atoms with van der Waals surface area (Å²) in [6, 6.07) is 1.46. The van der Waals surface area contributed by atoms with Gasteiger partial charge in [-0.2, -0.15) is 0 Å². The number of hydrogen-bond acceptors (Lipinski definition) is 4. The average Bonchev–Trinajstić information content (AvgIpc) is 3.01. The van der Waals surface area contributed by atoms with E-state index in [-0.39, 0.29) is 17.6 Å². The fraction of sp³-hybridized carbons (Fsp3) is 0.250. The van der Waals surface area contributed by atoms with Crippen molar-refractivity contribution in [3.05, 3.63) is 53.6 Å². The van der Waals surface area contributed by atoms with Gasteiger partial charge in [-0.1, -0.05) is 30.2 Å². The molecule has 1 aromatic rings. The topological polar surface area (TPSA) is 84.6 Å². The zero-order valence-corrected chi connectivity index (χ0v) is 12.1. The van der Waals surface area contributed by atoms with E-state index in [1.54, 1.807) is 18.2 Å². The normalized spacial score (nSPS) is 22.0. The van der Waals surface area contributed by atoms with Crippen molar-refractivity contribution in [3.63, 3.8) is 0 Å². The Hall–Kier alpha value is -2.76. The average molecular weight is 297 g/mol. The van der Waals surface area contributed by atoms with E-state index < -0.39 is 5.91 Å². The van der Waals surface area contributed by atoms with Crippen molar-refractivity contribution in [2.75, 3.05) is 0 Å². The highest BCUT2D eigenvalue weighted by atomic mass is 16.5. The molecular formula is C16H15N3O3.